The molecular formula is C19H23BrO. The van der Waals surface area contributed by atoms with E-state index in [2.05, 4.69) is 61.8 Å². The standard InChI is InChI=1S/C19H23BrO/c1-12(2)14-8-9-17(18(11-14)13(3)4)19(21)15-6-5-7-16(20)10-15/h5-13,19,21H,1-4H3. The lowest BCUT2D eigenvalue weighted by atomic mass is 9.87. The third-order valence-corrected chi connectivity index (χ3v) is 4.35. The molecule has 1 N–H and O–H groups in total. The van der Waals surface area contributed by atoms with Gasteiger partial charge in [-0.25, -0.2) is 0 Å². The molecule has 2 heteroatoms. The van der Waals surface area contributed by atoms with Crippen LogP contribution in [0.15, 0.2) is 46.9 Å². The molecule has 2 aromatic rings. The highest BCUT2D eigenvalue weighted by atomic mass is 79.9. The summed E-state index contributed by atoms with van der Waals surface area (Å²) in [5, 5.41) is 10.8. The van der Waals surface area contributed by atoms with Gasteiger partial charge in [-0.2, -0.15) is 0 Å². The molecular weight excluding hydrogens is 324 g/mol. The van der Waals surface area contributed by atoms with Gasteiger partial charge in [-0.1, -0.05) is 74.0 Å². The normalized spacial score (nSPS) is 13.0. The van der Waals surface area contributed by atoms with E-state index in [-0.39, 0.29) is 0 Å². The molecule has 0 fully saturated rings. The minimum absolute atomic E-state index is 0.389. The first-order valence-electron chi connectivity index (χ1n) is 7.47. The summed E-state index contributed by atoms with van der Waals surface area (Å²) in [6.07, 6.45) is -0.582. The summed E-state index contributed by atoms with van der Waals surface area (Å²) in [6.45, 7) is 8.75. The molecule has 0 saturated carbocycles. The van der Waals surface area contributed by atoms with E-state index in [1.54, 1.807) is 0 Å². The monoisotopic (exact) mass is 346 g/mol. The molecule has 0 aromatic heterocycles. The summed E-state index contributed by atoms with van der Waals surface area (Å²) in [6, 6.07) is 14.3. The highest BCUT2D eigenvalue weighted by molar-refractivity contribution is 9.10. The molecule has 2 aromatic carbocycles. The number of hydrogen-bond acceptors (Lipinski definition) is 1. The maximum Gasteiger partial charge on any atom is 0.104 e. The van der Waals surface area contributed by atoms with Crippen molar-refractivity contribution in [3.05, 3.63) is 69.2 Å². The lowest BCUT2D eigenvalue weighted by molar-refractivity contribution is 0.218. The number of rotatable bonds is 4. The Balaban J connectivity index is 2.47. The van der Waals surface area contributed by atoms with Crippen LogP contribution in [0.1, 0.15) is 67.9 Å². The Morgan fingerprint density at radius 3 is 2.10 bits per heavy atom. The topological polar surface area (TPSA) is 20.2 Å². The predicted molar refractivity (Wildman–Crippen MR) is 92.8 cm³/mol. The van der Waals surface area contributed by atoms with Crippen LogP contribution in [-0.4, -0.2) is 5.11 Å². The van der Waals surface area contributed by atoms with Gasteiger partial charge in [-0.05, 0) is 46.2 Å². The summed E-state index contributed by atoms with van der Waals surface area (Å²) in [4.78, 5) is 0. The zero-order valence-corrected chi connectivity index (χ0v) is 14.7. The number of benzene rings is 2. The first-order valence-corrected chi connectivity index (χ1v) is 8.26. The molecule has 0 heterocycles. The van der Waals surface area contributed by atoms with Gasteiger partial charge in [0.25, 0.3) is 0 Å². The van der Waals surface area contributed by atoms with Crippen molar-refractivity contribution >= 4 is 15.9 Å². The fourth-order valence-corrected chi connectivity index (χ4v) is 2.97. The average Bonchev–Trinajstić information content (AvgIpc) is 2.45. The van der Waals surface area contributed by atoms with Crippen molar-refractivity contribution in [2.24, 2.45) is 0 Å². The smallest absolute Gasteiger partial charge is 0.104 e. The van der Waals surface area contributed by atoms with E-state index in [0.29, 0.717) is 11.8 Å². The van der Waals surface area contributed by atoms with Crippen LogP contribution in [0.25, 0.3) is 0 Å². The van der Waals surface area contributed by atoms with Crippen LogP contribution in [0.5, 0.6) is 0 Å². The molecule has 2 rings (SSSR count). The van der Waals surface area contributed by atoms with Crippen molar-refractivity contribution in [2.45, 2.75) is 45.6 Å². The van der Waals surface area contributed by atoms with Crippen LogP contribution in [-0.2, 0) is 0 Å². The van der Waals surface area contributed by atoms with E-state index < -0.39 is 6.10 Å². The molecule has 0 aliphatic rings. The van der Waals surface area contributed by atoms with Crippen LogP contribution in [0.4, 0.5) is 0 Å². The molecule has 0 aliphatic carbocycles. The van der Waals surface area contributed by atoms with Crippen LogP contribution in [0.2, 0.25) is 0 Å². The third-order valence-electron chi connectivity index (χ3n) is 3.86. The van der Waals surface area contributed by atoms with Gasteiger partial charge < -0.3 is 5.11 Å². The van der Waals surface area contributed by atoms with E-state index in [0.717, 1.165) is 15.6 Å². The second-order valence-electron chi connectivity index (χ2n) is 6.16. The Kier molecular flexibility index (Phi) is 5.23. The molecule has 1 atom stereocenters. The van der Waals surface area contributed by atoms with E-state index in [1.165, 1.54) is 11.1 Å². The molecule has 1 unspecified atom stereocenters. The highest BCUT2D eigenvalue weighted by Gasteiger charge is 2.17. The van der Waals surface area contributed by atoms with E-state index >= 15 is 0 Å². The largest absolute Gasteiger partial charge is 0.384 e. The second-order valence-corrected chi connectivity index (χ2v) is 7.07. The summed E-state index contributed by atoms with van der Waals surface area (Å²) < 4.78 is 0.990. The Morgan fingerprint density at radius 2 is 1.52 bits per heavy atom. The van der Waals surface area contributed by atoms with Crippen molar-refractivity contribution in [3.63, 3.8) is 0 Å². The molecule has 0 bridgehead atoms. The van der Waals surface area contributed by atoms with Crippen molar-refractivity contribution in [1.82, 2.24) is 0 Å². The minimum atomic E-state index is -0.582. The third kappa shape index (κ3) is 3.75. The Bertz CT molecular complexity index is 617. The van der Waals surface area contributed by atoms with E-state index in [1.807, 2.05) is 24.3 Å². The predicted octanol–water partition coefficient (Wildman–Crippen LogP) is 5.78. The molecule has 0 spiro atoms. The number of hydrogen-bond donors (Lipinski definition) is 1. The van der Waals surface area contributed by atoms with Gasteiger partial charge in [0.2, 0.25) is 0 Å². The molecule has 0 aliphatic heterocycles. The van der Waals surface area contributed by atoms with E-state index in [9.17, 15) is 5.11 Å². The summed E-state index contributed by atoms with van der Waals surface area (Å²) in [5.41, 5.74) is 4.48. The van der Waals surface area contributed by atoms with Gasteiger partial charge in [0.05, 0.1) is 0 Å². The van der Waals surface area contributed by atoms with Gasteiger partial charge in [-0.3, -0.25) is 0 Å². The molecule has 0 radical (unpaired) electrons. The molecule has 0 amide bonds. The van der Waals surface area contributed by atoms with Crippen molar-refractivity contribution in [1.29, 1.82) is 0 Å². The highest BCUT2D eigenvalue weighted by Crippen LogP contribution is 2.32. The first-order chi connectivity index (χ1) is 9.90. The lowest BCUT2D eigenvalue weighted by Gasteiger charge is -2.20. The number of aliphatic hydroxyl groups is 1. The zero-order valence-electron chi connectivity index (χ0n) is 13.1. The summed E-state index contributed by atoms with van der Waals surface area (Å²) in [7, 11) is 0. The molecule has 112 valence electrons. The molecule has 0 saturated heterocycles. The lowest BCUT2D eigenvalue weighted by Crippen LogP contribution is -2.06. The van der Waals surface area contributed by atoms with Crippen LogP contribution in [0.3, 0.4) is 0 Å². The van der Waals surface area contributed by atoms with Crippen molar-refractivity contribution < 1.29 is 5.11 Å². The van der Waals surface area contributed by atoms with Crippen LogP contribution < -0.4 is 0 Å². The Morgan fingerprint density at radius 1 is 0.810 bits per heavy atom. The average molecular weight is 347 g/mol. The SMILES string of the molecule is CC(C)c1ccc(C(O)c2cccc(Br)c2)c(C(C)C)c1. The maximum absolute atomic E-state index is 10.8. The van der Waals surface area contributed by atoms with Crippen LogP contribution in [0, 0.1) is 0 Å². The quantitative estimate of drug-likeness (QED) is 0.743. The zero-order chi connectivity index (χ0) is 15.6. The Labute approximate surface area is 136 Å². The van der Waals surface area contributed by atoms with Gasteiger partial charge in [0.1, 0.15) is 6.10 Å². The van der Waals surface area contributed by atoms with Crippen LogP contribution >= 0.6 is 15.9 Å². The molecule has 21 heavy (non-hydrogen) atoms. The van der Waals surface area contributed by atoms with Gasteiger partial charge in [0, 0.05) is 4.47 Å². The fraction of sp³-hybridized carbons (Fsp3) is 0.368. The summed E-state index contributed by atoms with van der Waals surface area (Å²) >= 11 is 3.47. The fourth-order valence-electron chi connectivity index (χ4n) is 2.56. The first kappa shape index (κ1) is 16.3. The minimum Gasteiger partial charge on any atom is -0.384 e. The summed E-state index contributed by atoms with van der Waals surface area (Å²) in [5.74, 6) is 0.889. The second kappa shape index (κ2) is 6.76. The molecule has 1 nitrogen and oxygen atoms in total. The van der Waals surface area contributed by atoms with Gasteiger partial charge in [0.15, 0.2) is 0 Å². The van der Waals surface area contributed by atoms with E-state index in [4.69, 9.17) is 0 Å². The Hall–Kier alpha value is -1.12. The number of aliphatic hydroxyl groups excluding tert-OH is 1. The van der Waals surface area contributed by atoms with Gasteiger partial charge in [-0.15, -0.1) is 0 Å². The van der Waals surface area contributed by atoms with Crippen molar-refractivity contribution in [2.75, 3.05) is 0 Å². The van der Waals surface area contributed by atoms with Crippen molar-refractivity contribution in [3.8, 4) is 0 Å². The maximum atomic E-state index is 10.8. The van der Waals surface area contributed by atoms with Gasteiger partial charge >= 0.3 is 0 Å². The number of halogens is 1.